The van der Waals surface area contributed by atoms with Gasteiger partial charge in [-0.05, 0) is 36.4 Å². The van der Waals surface area contributed by atoms with Gasteiger partial charge in [-0.25, -0.2) is 8.91 Å². The van der Waals surface area contributed by atoms with Crippen LogP contribution in [0.3, 0.4) is 0 Å². The van der Waals surface area contributed by atoms with Gasteiger partial charge in [0, 0.05) is 23.6 Å². The molecule has 0 bridgehead atoms. The molecule has 0 unspecified atom stereocenters. The van der Waals surface area contributed by atoms with Crippen molar-refractivity contribution in [3.05, 3.63) is 60.2 Å². The number of carbonyl (C=O) groups is 1. The fourth-order valence-electron chi connectivity index (χ4n) is 2.01. The van der Waals surface area contributed by atoms with Crippen molar-refractivity contribution in [2.45, 2.75) is 0 Å². The molecule has 1 amide bonds. The van der Waals surface area contributed by atoms with E-state index in [2.05, 4.69) is 10.4 Å². The Kier molecular flexibility index (Phi) is 3.27. The van der Waals surface area contributed by atoms with E-state index in [0.29, 0.717) is 5.69 Å². The van der Waals surface area contributed by atoms with Crippen LogP contribution < -0.4 is 10.1 Å². The zero-order valence-corrected chi connectivity index (χ0v) is 11.2. The standard InChI is InChI=1S/C15H12FN3O2/c1-21-14-3-2-10(8-13(14)16)15(20)18-11-5-7-19-12(9-11)4-6-17-19/h2-9H,1H3,(H,18,20). The Bertz CT molecular complexity index is 814. The zero-order valence-electron chi connectivity index (χ0n) is 11.2. The number of amides is 1. The second-order valence-corrected chi connectivity index (χ2v) is 4.42. The first-order valence-corrected chi connectivity index (χ1v) is 6.25. The van der Waals surface area contributed by atoms with Gasteiger partial charge in [-0.2, -0.15) is 5.10 Å². The van der Waals surface area contributed by atoms with Gasteiger partial charge < -0.3 is 10.1 Å². The van der Waals surface area contributed by atoms with Crippen LogP contribution >= 0.6 is 0 Å². The highest BCUT2D eigenvalue weighted by Crippen LogP contribution is 2.19. The lowest BCUT2D eigenvalue weighted by Crippen LogP contribution is -2.12. The molecule has 1 N–H and O–H groups in total. The number of pyridine rings is 1. The molecule has 6 heteroatoms. The van der Waals surface area contributed by atoms with Gasteiger partial charge in [0.25, 0.3) is 5.91 Å². The van der Waals surface area contributed by atoms with Crippen LogP contribution in [0.25, 0.3) is 5.52 Å². The van der Waals surface area contributed by atoms with E-state index in [4.69, 9.17) is 4.74 Å². The van der Waals surface area contributed by atoms with Crippen LogP contribution in [0.5, 0.6) is 5.75 Å². The first-order chi connectivity index (χ1) is 10.2. The highest BCUT2D eigenvalue weighted by Gasteiger charge is 2.10. The summed E-state index contributed by atoms with van der Waals surface area (Å²) in [5.41, 5.74) is 1.69. The summed E-state index contributed by atoms with van der Waals surface area (Å²) in [7, 11) is 1.37. The minimum atomic E-state index is -0.573. The van der Waals surface area contributed by atoms with Crippen LogP contribution in [0.15, 0.2) is 48.8 Å². The van der Waals surface area contributed by atoms with E-state index in [1.54, 1.807) is 29.0 Å². The lowest BCUT2D eigenvalue weighted by Gasteiger charge is -2.07. The molecular weight excluding hydrogens is 273 g/mol. The molecule has 106 valence electrons. The summed E-state index contributed by atoms with van der Waals surface area (Å²) in [5, 5.41) is 6.79. The van der Waals surface area contributed by atoms with E-state index in [0.717, 1.165) is 11.6 Å². The number of aromatic nitrogens is 2. The lowest BCUT2D eigenvalue weighted by atomic mass is 10.2. The van der Waals surface area contributed by atoms with Crippen molar-refractivity contribution < 1.29 is 13.9 Å². The number of halogens is 1. The quantitative estimate of drug-likeness (QED) is 0.805. The molecule has 0 saturated carbocycles. The minimum Gasteiger partial charge on any atom is -0.494 e. The van der Waals surface area contributed by atoms with Gasteiger partial charge in [-0.1, -0.05) is 0 Å². The van der Waals surface area contributed by atoms with Crippen molar-refractivity contribution in [2.24, 2.45) is 0 Å². The smallest absolute Gasteiger partial charge is 0.255 e. The normalized spacial score (nSPS) is 10.6. The van der Waals surface area contributed by atoms with Crippen molar-refractivity contribution in [1.82, 2.24) is 9.61 Å². The highest BCUT2D eigenvalue weighted by molar-refractivity contribution is 6.04. The number of methoxy groups -OCH3 is 1. The molecule has 1 aromatic carbocycles. The fraction of sp³-hybridized carbons (Fsp3) is 0.0667. The Morgan fingerprint density at radius 3 is 2.90 bits per heavy atom. The van der Waals surface area contributed by atoms with Gasteiger partial charge in [0.2, 0.25) is 0 Å². The van der Waals surface area contributed by atoms with E-state index in [1.165, 1.54) is 19.2 Å². The van der Waals surface area contributed by atoms with Crippen molar-refractivity contribution in [3.63, 3.8) is 0 Å². The summed E-state index contributed by atoms with van der Waals surface area (Å²) < 4.78 is 20.1. The highest BCUT2D eigenvalue weighted by atomic mass is 19.1. The number of anilines is 1. The average Bonchev–Trinajstić information content (AvgIpc) is 2.94. The number of hydrogen-bond acceptors (Lipinski definition) is 3. The molecule has 0 saturated heterocycles. The molecule has 3 rings (SSSR count). The largest absolute Gasteiger partial charge is 0.494 e. The summed E-state index contributed by atoms with van der Waals surface area (Å²) >= 11 is 0. The first kappa shape index (κ1) is 13.1. The second kappa shape index (κ2) is 5.24. The maximum Gasteiger partial charge on any atom is 0.255 e. The number of ether oxygens (including phenoxy) is 1. The third-order valence-corrected chi connectivity index (χ3v) is 3.07. The number of benzene rings is 1. The van der Waals surface area contributed by atoms with Gasteiger partial charge in [-0.3, -0.25) is 4.79 Å². The SMILES string of the molecule is COc1ccc(C(=O)Nc2ccn3nccc3c2)cc1F. The number of nitrogens with zero attached hydrogens (tertiary/aromatic N) is 2. The summed E-state index contributed by atoms with van der Waals surface area (Å²) in [6, 6.07) is 9.40. The maximum atomic E-state index is 13.6. The minimum absolute atomic E-state index is 0.104. The summed E-state index contributed by atoms with van der Waals surface area (Å²) in [5.74, 6) is -0.857. The van der Waals surface area contributed by atoms with Gasteiger partial charge in [0.1, 0.15) is 0 Å². The van der Waals surface area contributed by atoms with Gasteiger partial charge >= 0.3 is 0 Å². The first-order valence-electron chi connectivity index (χ1n) is 6.25. The Labute approximate surface area is 120 Å². The molecule has 0 aliphatic rings. The molecule has 3 aromatic rings. The van der Waals surface area contributed by atoms with E-state index in [-0.39, 0.29) is 17.2 Å². The van der Waals surface area contributed by atoms with Crippen LogP contribution in [-0.2, 0) is 0 Å². The third-order valence-electron chi connectivity index (χ3n) is 3.07. The van der Waals surface area contributed by atoms with Gasteiger partial charge in [-0.15, -0.1) is 0 Å². The molecule has 5 nitrogen and oxygen atoms in total. The zero-order chi connectivity index (χ0) is 14.8. The molecule has 2 heterocycles. The lowest BCUT2D eigenvalue weighted by molar-refractivity contribution is 0.102. The summed E-state index contributed by atoms with van der Waals surface area (Å²) in [6.07, 6.45) is 3.40. The Hall–Kier alpha value is -2.89. The average molecular weight is 285 g/mol. The Morgan fingerprint density at radius 1 is 1.29 bits per heavy atom. The second-order valence-electron chi connectivity index (χ2n) is 4.42. The molecular formula is C15H12FN3O2. The molecule has 0 atom stereocenters. The van der Waals surface area contributed by atoms with Crippen molar-refractivity contribution in [3.8, 4) is 5.75 Å². The number of rotatable bonds is 3. The molecule has 0 radical (unpaired) electrons. The topological polar surface area (TPSA) is 55.6 Å². The van der Waals surface area contributed by atoms with Gasteiger partial charge in [0.05, 0.1) is 12.6 Å². The summed E-state index contributed by atoms with van der Waals surface area (Å²) in [4.78, 5) is 12.1. The maximum absolute atomic E-state index is 13.6. The van der Waals surface area contributed by atoms with Crippen LogP contribution in [0.4, 0.5) is 10.1 Å². The van der Waals surface area contributed by atoms with Crippen LogP contribution in [0.1, 0.15) is 10.4 Å². The van der Waals surface area contributed by atoms with Crippen molar-refractivity contribution in [1.29, 1.82) is 0 Å². The number of fused-ring (bicyclic) bond motifs is 1. The van der Waals surface area contributed by atoms with Crippen LogP contribution in [0, 0.1) is 5.82 Å². The monoisotopic (exact) mass is 285 g/mol. The van der Waals surface area contributed by atoms with E-state index in [9.17, 15) is 9.18 Å². The van der Waals surface area contributed by atoms with E-state index in [1.807, 2.05) is 6.07 Å². The Morgan fingerprint density at radius 2 is 2.14 bits per heavy atom. The van der Waals surface area contributed by atoms with Crippen LogP contribution in [0.2, 0.25) is 0 Å². The third kappa shape index (κ3) is 2.55. The van der Waals surface area contributed by atoms with E-state index < -0.39 is 5.82 Å². The van der Waals surface area contributed by atoms with E-state index >= 15 is 0 Å². The number of carbonyl (C=O) groups excluding carboxylic acids is 1. The van der Waals surface area contributed by atoms with Crippen molar-refractivity contribution >= 4 is 17.1 Å². The molecule has 0 spiro atoms. The predicted octanol–water partition coefficient (Wildman–Crippen LogP) is 2.73. The molecule has 0 fully saturated rings. The Balaban J connectivity index is 1.83. The van der Waals surface area contributed by atoms with Crippen molar-refractivity contribution in [2.75, 3.05) is 12.4 Å². The number of hydrogen-bond donors (Lipinski definition) is 1. The van der Waals surface area contributed by atoms with Crippen LogP contribution in [-0.4, -0.2) is 22.6 Å². The van der Waals surface area contributed by atoms with Gasteiger partial charge in [0.15, 0.2) is 11.6 Å². The number of nitrogens with one attached hydrogen (secondary N) is 1. The molecule has 2 aromatic heterocycles. The molecule has 0 aliphatic carbocycles. The molecule has 0 aliphatic heterocycles. The predicted molar refractivity (Wildman–Crippen MR) is 76.1 cm³/mol. The molecule has 21 heavy (non-hydrogen) atoms. The summed E-state index contributed by atoms with van der Waals surface area (Å²) in [6.45, 7) is 0. The fourth-order valence-corrected chi connectivity index (χ4v) is 2.01.